The fraction of sp³-hybridized carbons (Fsp3) is 0.316. The molecule has 146 valence electrons. The van der Waals surface area contributed by atoms with Crippen LogP contribution in [0.2, 0.25) is 0 Å². The maximum Gasteiger partial charge on any atom is 0.242 e. The Morgan fingerprint density at radius 1 is 1.11 bits per heavy atom. The summed E-state index contributed by atoms with van der Waals surface area (Å²) in [6.45, 7) is 2.32. The Hall–Kier alpha value is -2.03. The molecule has 0 heterocycles. The molecular weight excluding hydrogens is 384 g/mol. The van der Waals surface area contributed by atoms with E-state index in [1.165, 1.54) is 12.1 Å². The van der Waals surface area contributed by atoms with Gasteiger partial charge in [0.05, 0.1) is 17.2 Å². The summed E-state index contributed by atoms with van der Waals surface area (Å²) < 4.78 is 33.3. The molecule has 2 aromatic rings. The monoisotopic (exact) mass is 408 g/mol. The lowest BCUT2D eigenvalue weighted by Crippen LogP contribution is -2.44. The standard InChI is InChI=1S/C19H24N2O4S2/c1-3-25-18-12-8-7-11-16(18)20-19(22)17(13-14-26-2)21-27(23,24)15-9-5-4-6-10-15/h4-12,17,21H,3,13-14H2,1-2H3,(H,20,22)/t17-/m1/s1. The average molecular weight is 409 g/mol. The minimum absolute atomic E-state index is 0.127. The molecule has 0 aliphatic rings. The van der Waals surface area contributed by atoms with Crippen LogP contribution in [0, 0.1) is 0 Å². The average Bonchev–Trinajstić information content (AvgIpc) is 2.67. The van der Waals surface area contributed by atoms with E-state index in [1.54, 1.807) is 48.2 Å². The highest BCUT2D eigenvalue weighted by atomic mass is 32.2. The zero-order valence-corrected chi connectivity index (χ0v) is 17.0. The molecule has 6 nitrogen and oxygen atoms in total. The van der Waals surface area contributed by atoms with Crippen LogP contribution in [-0.4, -0.2) is 39.0 Å². The van der Waals surface area contributed by atoms with Crippen molar-refractivity contribution in [3.05, 3.63) is 54.6 Å². The number of nitrogens with one attached hydrogen (secondary N) is 2. The first-order chi connectivity index (χ1) is 13.0. The van der Waals surface area contributed by atoms with Gasteiger partial charge in [-0.15, -0.1) is 0 Å². The first kappa shape index (κ1) is 21.3. The normalized spacial score (nSPS) is 12.4. The van der Waals surface area contributed by atoms with Gasteiger partial charge in [-0.3, -0.25) is 4.79 Å². The smallest absolute Gasteiger partial charge is 0.242 e. The third-order valence-electron chi connectivity index (χ3n) is 3.72. The van der Waals surface area contributed by atoms with E-state index in [1.807, 2.05) is 19.2 Å². The molecule has 1 amide bonds. The largest absolute Gasteiger partial charge is 0.492 e. The van der Waals surface area contributed by atoms with E-state index in [9.17, 15) is 13.2 Å². The quantitative estimate of drug-likeness (QED) is 0.631. The summed E-state index contributed by atoms with van der Waals surface area (Å²) in [6.07, 6.45) is 2.28. The van der Waals surface area contributed by atoms with E-state index in [4.69, 9.17) is 4.74 Å². The van der Waals surface area contributed by atoms with Crippen LogP contribution in [0.4, 0.5) is 5.69 Å². The highest BCUT2D eigenvalue weighted by Gasteiger charge is 2.26. The Bertz CT molecular complexity index is 842. The maximum absolute atomic E-state index is 12.8. The van der Waals surface area contributed by atoms with Crippen molar-refractivity contribution in [3.8, 4) is 5.75 Å². The Morgan fingerprint density at radius 3 is 2.44 bits per heavy atom. The van der Waals surface area contributed by atoms with Crippen molar-refractivity contribution in [1.82, 2.24) is 4.72 Å². The molecule has 2 rings (SSSR count). The Balaban J connectivity index is 2.19. The lowest BCUT2D eigenvalue weighted by atomic mass is 10.2. The molecule has 0 saturated heterocycles. The van der Waals surface area contributed by atoms with Gasteiger partial charge >= 0.3 is 0 Å². The minimum Gasteiger partial charge on any atom is -0.492 e. The molecular formula is C19H24N2O4S2. The summed E-state index contributed by atoms with van der Waals surface area (Å²) in [7, 11) is -3.80. The van der Waals surface area contributed by atoms with Crippen LogP contribution in [-0.2, 0) is 14.8 Å². The highest BCUT2D eigenvalue weighted by molar-refractivity contribution is 7.98. The first-order valence-electron chi connectivity index (χ1n) is 8.57. The molecule has 2 aromatic carbocycles. The number of anilines is 1. The molecule has 0 fully saturated rings. The highest BCUT2D eigenvalue weighted by Crippen LogP contribution is 2.24. The third-order valence-corrected chi connectivity index (χ3v) is 5.85. The molecule has 0 radical (unpaired) electrons. The molecule has 0 spiro atoms. The molecule has 0 aliphatic carbocycles. The van der Waals surface area contributed by atoms with Crippen LogP contribution in [0.25, 0.3) is 0 Å². The summed E-state index contributed by atoms with van der Waals surface area (Å²) in [5.41, 5.74) is 0.511. The molecule has 0 aliphatic heterocycles. The lowest BCUT2D eigenvalue weighted by molar-refractivity contribution is -0.117. The van der Waals surface area contributed by atoms with Crippen LogP contribution in [0.5, 0.6) is 5.75 Å². The van der Waals surface area contributed by atoms with Gasteiger partial charge in [0.1, 0.15) is 11.8 Å². The molecule has 0 bridgehead atoms. The number of sulfonamides is 1. The number of thioether (sulfide) groups is 1. The van der Waals surface area contributed by atoms with Crippen LogP contribution < -0.4 is 14.8 Å². The number of carbonyl (C=O) groups excluding carboxylic acids is 1. The van der Waals surface area contributed by atoms with Gasteiger partial charge in [0.25, 0.3) is 0 Å². The Labute approximate surface area is 164 Å². The molecule has 0 unspecified atom stereocenters. The van der Waals surface area contributed by atoms with Crippen molar-refractivity contribution < 1.29 is 17.9 Å². The number of benzene rings is 2. The molecule has 2 N–H and O–H groups in total. The SMILES string of the molecule is CCOc1ccccc1NC(=O)[C@@H](CCSC)NS(=O)(=O)c1ccccc1. The van der Waals surface area contributed by atoms with Gasteiger partial charge < -0.3 is 10.1 Å². The van der Waals surface area contributed by atoms with Crippen molar-refractivity contribution in [2.75, 3.05) is 23.9 Å². The lowest BCUT2D eigenvalue weighted by Gasteiger charge is -2.19. The number of rotatable bonds is 10. The Morgan fingerprint density at radius 2 is 1.78 bits per heavy atom. The minimum atomic E-state index is -3.80. The number of para-hydroxylation sites is 2. The van der Waals surface area contributed by atoms with E-state index in [2.05, 4.69) is 10.0 Å². The summed E-state index contributed by atoms with van der Waals surface area (Å²) in [4.78, 5) is 12.9. The fourth-order valence-electron chi connectivity index (χ4n) is 2.41. The number of carbonyl (C=O) groups is 1. The van der Waals surface area contributed by atoms with Gasteiger partial charge in [-0.1, -0.05) is 30.3 Å². The van der Waals surface area contributed by atoms with E-state index in [0.29, 0.717) is 30.2 Å². The second-order valence-corrected chi connectivity index (χ2v) is 8.39. The number of ether oxygens (including phenoxy) is 1. The Kier molecular flexibility index (Phi) is 8.15. The topological polar surface area (TPSA) is 84.5 Å². The summed E-state index contributed by atoms with van der Waals surface area (Å²) >= 11 is 1.55. The van der Waals surface area contributed by atoms with E-state index in [-0.39, 0.29) is 4.90 Å². The van der Waals surface area contributed by atoms with Crippen molar-refractivity contribution in [3.63, 3.8) is 0 Å². The predicted molar refractivity (Wildman–Crippen MR) is 110 cm³/mol. The van der Waals surface area contributed by atoms with Gasteiger partial charge in [-0.05, 0) is 49.6 Å². The second-order valence-electron chi connectivity index (χ2n) is 5.69. The van der Waals surface area contributed by atoms with Crippen molar-refractivity contribution >= 4 is 33.4 Å². The van der Waals surface area contributed by atoms with Gasteiger partial charge in [-0.2, -0.15) is 16.5 Å². The fourth-order valence-corrected chi connectivity index (χ4v) is 4.13. The number of hydrogen-bond donors (Lipinski definition) is 2. The second kappa shape index (κ2) is 10.3. The summed E-state index contributed by atoms with van der Waals surface area (Å²) in [5.74, 6) is 0.765. The zero-order valence-electron chi connectivity index (χ0n) is 15.3. The van der Waals surface area contributed by atoms with Crippen molar-refractivity contribution in [2.45, 2.75) is 24.3 Å². The van der Waals surface area contributed by atoms with Gasteiger partial charge in [-0.25, -0.2) is 8.42 Å². The number of amides is 1. The number of hydrogen-bond acceptors (Lipinski definition) is 5. The molecule has 1 atom stereocenters. The molecule has 0 aromatic heterocycles. The van der Waals surface area contributed by atoms with Crippen LogP contribution in [0.1, 0.15) is 13.3 Å². The van der Waals surface area contributed by atoms with Crippen LogP contribution >= 0.6 is 11.8 Å². The molecule has 8 heteroatoms. The first-order valence-corrected chi connectivity index (χ1v) is 11.4. The summed E-state index contributed by atoms with van der Waals surface area (Å²) in [5, 5.41) is 2.78. The van der Waals surface area contributed by atoms with Gasteiger partial charge in [0.15, 0.2) is 0 Å². The molecule has 0 saturated carbocycles. The zero-order chi connectivity index (χ0) is 19.7. The summed E-state index contributed by atoms with van der Waals surface area (Å²) in [6, 6.07) is 14.2. The van der Waals surface area contributed by atoms with Gasteiger partial charge in [0, 0.05) is 0 Å². The van der Waals surface area contributed by atoms with Crippen molar-refractivity contribution in [1.29, 1.82) is 0 Å². The predicted octanol–water partition coefficient (Wildman–Crippen LogP) is 3.12. The van der Waals surface area contributed by atoms with Crippen molar-refractivity contribution in [2.24, 2.45) is 0 Å². The van der Waals surface area contributed by atoms with E-state index < -0.39 is 22.0 Å². The molecule has 27 heavy (non-hydrogen) atoms. The van der Waals surface area contributed by atoms with E-state index in [0.717, 1.165) is 0 Å². The van der Waals surface area contributed by atoms with Gasteiger partial charge in [0.2, 0.25) is 15.9 Å². The third kappa shape index (κ3) is 6.27. The van der Waals surface area contributed by atoms with Crippen LogP contribution in [0.15, 0.2) is 59.5 Å². The maximum atomic E-state index is 12.8. The van der Waals surface area contributed by atoms with Crippen LogP contribution in [0.3, 0.4) is 0 Å². The van der Waals surface area contributed by atoms with E-state index >= 15 is 0 Å².